The van der Waals surface area contributed by atoms with Crippen molar-refractivity contribution in [2.24, 2.45) is 11.3 Å². The number of nitrogens with one attached hydrogen (secondary N) is 1. The summed E-state index contributed by atoms with van der Waals surface area (Å²) in [5.74, 6) is 0.875. The lowest BCUT2D eigenvalue weighted by atomic mass is 9.80. The lowest BCUT2D eigenvalue weighted by Crippen LogP contribution is -2.60. The number of amides is 1. The van der Waals surface area contributed by atoms with Crippen molar-refractivity contribution in [3.8, 4) is 0 Å². The Hall–Kier alpha value is -1.93. The third-order valence-corrected chi connectivity index (χ3v) is 8.93. The molecule has 3 heterocycles. The molecule has 2 saturated carbocycles. The topological polar surface area (TPSA) is 77.9 Å². The van der Waals surface area contributed by atoms with Crippen LogP contribution in [0.4, 0.5) is 11.5 Å². The number of hydrogen-bond acceptors (Lipinski definition) is 6. The quantitative estimate of drug-likeness (QED) is 0.714. The number of carbonyl (C=O) groups excluding carboxylic acids is 1. The molecular formula is C25H31ClN4O3. The van der Waals surface area contributed by atoms with Gasteiger partial charge in [0.25, 0.3) is 0 Å². The van der Waals surface area contributed by atoms with Crippen LogP contribution in [0.1, 0.15) is 32.6 Å². The fraction of sp³-hybridized carbons (Fsp3) is 0.600. The number of benzene rings is 1. The van der Waals surface area contributed by atoms with Gasteiger partial charge in [0.05, 0.1) is 35.6 Å². The van der Waals surface area contributed by atoms with Crippen molar-refractivity contribution in [2.45, 2.75) is 44.2 Å². The number of aromatic nitrogens is 1. The van der Waals surface area contributed by atoms with E-state index in [1.165, 1.54) is 19.3 Å². The minimum atomic E-state index is -0.454. The Balaban J connectivity index is 1.17. The smallest absolute Gasteiger partial charge is 0.229 e. The number of rotatable bonds is 4. The maximum Gasteiger partial charge on any atom is 0.229 e. The molecule has 2 saturated heterocycles. The summed E-state index contributed by atoms with van der Waals surface area (Å²) in [6.45, 7) is 6.38. The van der Waals surface area contributed by atoms with Crippen LogP contribution in [0.2, 0.25) is 5.02 Å². The van der Waals surface area contributed by atoms with E-state index in [2.05, 4.69) is 33.1 Å². The van der Waals surface area contributed by atoms with Crippen LogP contribution in [-0.4, -0.2) is 71.9 Å². The van der Waals surface area contributed by atoms with Gasteiger partial charge >= 0.3 is 0 Å². The maximum atomic E-state index is 12.7. The summed E-state index contributed by atoms with van der Waals surface area (Å²) in [5.41, 5.74) is 0.982. The van der Waals surface area contributed by atoms with Gasteiger partial charge in [0.2, 0.25) is 5.91 Å². The molecule has 176 valence electrons. The van der Waals surface area contributed by atoms with Gasteiger partial charge < -0.3 is 20.1 Å². The second-order valence-corrected chi connectivity index (χ2v) is 11.0. The van der Waals surface area contributed by atoms with Crippen molar-refractivity contribution in [2.75, 3.05) is 49.6 Å². The van der Waals surface area contributed by atoms with Crippen LogP contribution in [0.15, 0.2) is 24.4 Å². The van der Waals surface area contributed by atoms with Crippen molar-refractivity contribution < 1.29 is 14.6 Å². The SMILES string of the molecule is C[C@@]1(N2CCN(c3cc4cc(NC(=O)[C@H]5CC56CCC6)ncc4cc3Cl)CC2)COC[C@@H]1O. The molecule has 3 atom stereocenters. The van der Waals surface area contributed by atoms with Crippen LogP contribution in [-0.2, 0) is 9.53 Å². The second kappa shape index (κ2) is 7.80. The van der Waals surface area contributed by atoms with Gasteiger partial charge in [-0.2, -0.15) is 0 Å². The molecule has 2 N–H and O–H groups in total. The predicted molar refractivity (Wildman–Crippen MR) is 129 cm³/mol. The summed E-state index contributed by atoms with van der Waals surface area (Å²) >= 11 is 6.67. The van der Waals surface area contributed by atoms with Gasteiger partial charge in [-0.25, -0.2) is 4.98 Å². The molecule has 1 spiro atoms. The molecule has 6 rings (SSSR count). The summed E-state index contributed by atoms with van der Waals surface area (Å²) in [6.07, 6.45) is 5.99. The maximum absolute atomic E-state index is 12.7. The van der Waals surface area contributed by atoms with E-state index in [-0.39, 0.29) is 17.4 Å². The Labute approximate surface area is 199 Å². The molecule has 7 nitrogen and oxygen atoms in total. The summed E-state index contributed by atoms with van der Waals surface area (Å²) in [5, 5.41) is 16.1. The van der Waals surface area contributed by atoms with E-state index in [1.807, 2.05) is 12.1 Å². The molecule has 33 heavy (non-hydrogen) atoms. The first-order chi connectivity index (χ1) is 15.9. The minimum absolute atomic E-state index is 0.110. The van der Waals surface area contributed by atoms with Crippen molar-refractivity contribution >= 4 is 39.8 Å². The first kappa shape index (κ1) is 21.6. The van der Waals surface area contributed by atoms with Crippen LogP contribution in [0, 0.1) is 11.3 Å². The normalized spacial score (nSPS) is 31.1. The van der Waals surface area contributed by atoms with Crippen LogP contribution >= 0.6 is 11.6 Å². The van der Waals surface area contributed by atoms with Gasteiger partial charge in [0, 0.05) is 43.7 Å². The predicted octanol–water partition coefficient (Wildman–Crippen LogP) is 3.29. The summed E-state index contributed by atoms with van der Waals surface area (Å²) in [6, 6.07) is 6.01. The third kappa shape index (κ3) is 3.60. The van der Waals surface area contributed by atoms with Gasteiger partial charge in [-0.1, -0.05) is 18.0 Å². The van der Waals surface area contributed by atoms with Crippen molar-refractivity contribution in [3.05, 3.63) is 29.4 Å². The molecule has 0 unspecified atom stereocenters. The van der Waals surface area contributed by atoms with Gasteiger partial charge in [0.15, 0.2) is 0 Å². The molecule has 2 aromatic rings. The van der Waals surface area contributed by atoms with E-state index in [0.717, 1.165) is 49.1 Å². The molecule has 0 bridgehead atoms. The molecular weight excluding hydrogens is 440 g/mol. The highest BCUT2D eigenvalue weighted by atomic mass is 35.5. The molecule has 1 aromatic heterocycles. The molecule has 4 aliphatic rings. The molecule has 1 amide bonds. The lowest BCUT2D eigenvalue weighted by molar-refractivity contribution is -0.118. The number of hydrogen-bond donors (Lipinski definition) is 2. The Morgan fingerprint density at radius 3 is 2.64 bits per heavy atom. The average Bonchev–Trinajstić information content (AvgIpc) is 3.48. The van der Waals surface area contributed by atoms with E-state index in [9.17, 15) is 9.90 Å². The third-order valence-electron chi connectivity index (χ3n) is 8.62. The number of aliphatic hydroxyl groups is 1. The Morgan fingerprint density at radius 2 is 2.00 bits per heavy atom. The molecule has 0 radical (unpaired) electrons. The first-order valence-electron chi connectivity index (χ1n) is 12.0. The highest BCUT2D eigenvalue weighted by Crippen LogP contribution is 2.65. The zero-order chi connectivity index (χ0) is 22.8. The monoisotopic (exact) mass is 470 g/mol. The number of piperazine rings is 1. The van der Waals surface area contributed by atoms with E-state index >= 15 is 0 Å². The number of nitrogens with zero attached hydrogens (tertiary/aromatic N) is 3. The first-order valence-corrected chi connectivity index (χ1v) is 12.4. The van der Waals surface area contributed by atoms with Crippen LogP contribution in [0.25, 0.3) is 10.8 Å². The average molecular weight is 471 g/mol. The molecule has 2 aliphatic heterocycles. The number of halogens is 1. The number of fused-ring (bicyclic) bond motifs is 1. The fourth-order valence-electron chi connectivity index (χ4n) is 5.99. The standard InChI is InChI=1S/C25H31ClN4O3/c1-24(15-33-14-21(24)31)30-7-5-29(6-8-30)20-10-16-11-22(27-13-17(16)9-19(20)26)28-23(32)18-12-25(18)3-2-4-25/h9-11,13,18,21,31H,2-8,12,14-15H2,1H3,(H,27,28,32)/t18-,21+,24-/m1/s1. The van der Waals surface area contributed by atoms with Gasteiger partial charge in [0.1, 0.15) is 5.82 Å². The Morgan fingerprint density at radius 1 is 1.21 bits per heavy atom. The Kier molecular flexibility index (Phi) is 5.11. The second-order valence-electron chi connectivity index (χ2n) is 10.5. The van der Waals surface area contributed by atoms with E-state index in [1.54, 1.807) is 6.20 Å². The highest BCUT2D eigenvalue weighted by Gasteiger charge is 2.60. The zero-order valence-corrected chi connectivity index (χ0v) is 19.8. The van der Waals surface area contributed by atoms with Gasteiger partial charge in [-0.3, -0.25) is 9.69 Å². The van der Waals surface area contributed by atoms with E-state index < -0.39 is 6.10 Å². The fourth-order valence-corrected chi connectivity index (χ4v) is 6.28. The zero-order valence-electron chi connectivity index (χ0n) is 19.0. The summed E-state index contributed by atoms with van der Waals surface area (Å²) in [7, 11) is 0. The molecule has 1 aromatic carbocycles. The van der Waals surface area contributed by atoms with Crippen LogP contribution in [0.5, 0.6) is 0 Å². The van der Waals surface area contributed by atoms with E-state index in [4.69, 9.17) is 16.3 Å². The molecule has 4 fully saturated rings. The largest absolute Gasteiger partial charge is 0.389 e. The Bertz CT molecular complexity index is 1100. The molecule has 2 aliphatic carbocycles. The summed E-state index contributed by atoms with van der Waals surface area (Å²) < 4.78 is 5.52. The number of aliphatic hydroxyl groups excluding tert-OH is 1. The van der Waals surface area contributed by atoms with Gasteiger partial charge in [-0.15, -0.1) is 0 Å². The summed E-state index contributed by atoms with van der Waals surface area (Å²) in [4.78, 5) is 21.8. The van der Waals surface area contributed by atoms with Crippen molar-refractivity contribution in [1.29, 1.82) is 0 Å². The van der Waals surface area contributed by atoms with E-state index in [0.29, 0.717) is 29.5 Å². The molecule has 8 heteroatoms. The van der Waals surface area contributed by atoms with Gasteiger partial charge in [-0.05, 0) is 55.2 Å². The lowest BCUT2D eigenvalue weighted by Gasteiger charge is -2.45. The number of carbonyl (C=O) groups is 1. The number of ether oxygens (including phenoxy) is 1. The van der Waals surface area contributed by atoms with Crippen LogP contribution < -0.4 is 10.2 Å². The number of pyridine rings is 1. The van der Waals surface area contributed by atoms with Crippen molar-refractivity contribution in [1.82, 2.24) is 9.88 Å². The van der Waals surface area contributed by atoms with Crippen LogP contribution in [0.3, 0.4) is 0 Å². The minimum Gasteiger partial charge on any atom is -0.389 e. The van der Waals surface area contributed by atoms with Crippen molar-refractivity contribution in [3.63, 3.8) is 0 Å². The number of anilines is 2. The highest BCUT2D eigenvalue weighted by molar-refractivity contribution is 6.34.